The lowest BCUT2D eigenvalue weighted by atomic mass is 9.92. The number of hydrogen-bond acceptors (Lipinski definition) is 5. The number of likely N-dealkylation sites (tertiary alicyclic amines) is 1. The average molecular weight is 386 g/mol. The molecule has 2 aromatic heterocycles. The molecule has 3 rings (SSSR count). The molecule has 2 aromatic rings. The Labute approximate surface area is 165 Å². The van der Waals surface area contributed by atoms with E-state index in [1.54, 1.807) is 17.0 Å². The number of nitrogens with zero attached hydrogens (tertiary/aromatic N) is 4. The Balaban J connectivity index is 1.56. The SMILES string of the molecule is Cc1noc(C)c1CC(=O)N1CCC(Cn2cnc(C(C)(C)C)cc2=O)CC1. The van der Waals surface area contributed by atoms with Gasteiger partial charge >= 0.3 is 0 Å². The highest BCUT2D eigenvalue weighted by Crippen LogP contribution is 2.22. The molecule has 3 heterocycles. The zero-order valence-electron chi connectivity index (χ0n) is 17.5. The van der Waals surface area contributed by atoms with Crippen molar-refractivity contribution in [3.05, 3.63) is 45.5 Å². The van der Waals surface area contributed by atoms with Crippen LogP contribution in [0.2, 0.25) is 0 Å². The lowest BCUT2D eigenvalue weighted by Gasteiger charge is -2.32. The van der Waals surface area contributed by atoms with Crippen LogP contribution < -0.4 is 5.56 Å². The van der Waals surface area contributed by atoms with Crippen molar-refractivity contribution in [3.63, 3.8) is 0 Å². The first kappa shape index (κ1) is 20.3. The third-order valence-corrected chi connectivity index (χ3v) is 5.58. The third-order valence-electron chi connectivity index (χ3n) is 5.58. The van der Waals surface area contributed by atoms with Gasteiger partial charge in [0.25, 0.3) is 5.56 Å². The van der Waals surface area contributed by atoms with Crippen molar-refractivity contribution in [2.24, 2.45) is 5.92 Å². The number of hydrogen-bond donors (Lipinski definition) is 0. The normalized spacial score (nSPS) is 15.8. The highest BCUT2D eigenvalue weighted by Gasteiger charge is 2.25. The molecule has 0 N–H and O–H groups in total. The zero-order valence-corrected chi connectivity index (χ0v) is 17.5. The Morgan fingerprint density at radius 1 is 1.25 bits per heavy atom. The van der Waals surface area contributed by atoms with Gasteiger partial charge in [0.15, 0.2) is 0 Å². The van der Waals surface area contributed by atoms with Crippen LogP contribution >= 0.6 is 0 Å². The predicted octanol–water partition coefficient (Wildman–Crippen LogP) is 2.63. The Bertz CT molecular complexity index is 880. The van der Waals surface area contributed by atoms with Crippen molar-refractivity contribution < 1.29 is 9.32 Å². The number of aryl methyl sites for hydroxylation is 2. The fourth-order valence-electron chi connectivity index (χ4n) is 3.63. The van der Waals surface area contributed by atoms with E-state index in [4.69, 9.17) is 4.52 Å². The molecule has 28 heavy (non-hydrogen) atoms. The summed E-state index contributed by atoms with van der Waals surface area (Å²) in [4.78, 5) is 31.4. The minimum absolute atomic E-state index is 0.00293. The molecule has 152 valence electrons. The Kier molecular flexibility index (Phi) is 5.72. The topological polar surface area (TPSA) is 81.2 Å². The molecule has 0 atom stereocenters. The second-order valence-corrected chi connectivity index (χ2v) is 8.82. The van der Waals surface area contributed by atoms with Gasteiger partial charge in [-0.15, -0.1) is 0 Å². The standard InChI is InChI=1S/C21H30N4O3/c1-14-17(15(2)28-23-14)10-19(26)24-8-6-16(7-9-24)12-25-13-22-18(11-20(25)27)21(3,4)5/h11,13,16H,6-10,12H2,1-5H3. The van der Waals surface area contributed by atoms with E-state index < -0.39 is 0 Å². The first-order valence-electron chi connectivity index (χ1n) is 9.91. The van der Waals surface area contributed by atoms with Gasteiger partial charge < -0.3 is 9.42 Å². The number of carbonyl (C=O) groups is 1. The van der Waals surface area contributed by atoms with Crippen LogP contribution in [0.3, 0.4) is 0 Å². The summed E-state index contributed by atoms with van der Waals surface area (Å²) in [5, 5.41) is 3.92. The summed E-state index contributed by atoms with van der Waals surface area (Å²) in [5.74, 6) is 1.20. The van der Waals surface area contributed by atoms with E-state index in [-0.39, 0.29) is 16.9 Å². The highest BCUT2D eigenvalue weighted by molar-refractivity contribution is 5.79. The molecule has 0 aliphatic carbocycles. The van der Waals surface area contributed by atoms with Gasteiger partial charge in [-0.25, -0.2) is 4.98 Å². The molecule has 1 aliphatic rings. The quantitative estimate of drug-likeness (QED) is 0.807. The molecule has 0 unspecified atom stereocenters. The van der Waals surface area contributed by atoms with Crippen molar-refractivity contribution >= 4 is 5.91 Å². The summed E-state index contributed by atoms with van der Waals surface area (Å²) in [7, 11) is 0. The van der Waals surface area contributed by atoms with E-state index in [1.165, 1.54) is 0 Å². The molecule has 1 saturated heterocycles. The van der Waals surface area contributed by atoms with Crippen LogP contribution in [0.25, 0.3) is 0 Å². The second kappa shape index (κ2) is 7.89. The van der Waals surface area contributed by atoms with Gasteiger partial charge in [-0.2, -0.15) is 0 Å². The largest absolute Gasteiger partial charge is 0.361 e. The lowest BCUT2D eigenvalue weighted by molar-refractivity contribution is -0.131. The first-order valence-corrected chi connectivity index (χ1v) is 9.91. The van der Waals surface area contributed by atoms with E-state index in [1.807, 2.05) is 18.7 Å². The minimum atomic E-state index is -0.134. The van der Waals surface area contributed by atoms with Gasteiger partial charge in [-0.1, -0.05) is 25.9 Å². The molecular formula is C21H30N4O3. The molecular weight excluding hydrogens is 356 g/mol. The van der Waals surface area contributed by atoms with Gasteiger partial charge in [0, 0.05) is 36.7 Å². The Hall–Kier alpha value is -2.44. The zero-order chi connectivity index (χ0) is 20.5. The fraction of sp³-hybridized carbons (Fsp3) is 0.619. The maximum absolute atomic E-state index is 12.6. The van der Waals surface area contributed by atoms with Crippen LogP contribution in [-0.4, -0.2) is 38.6 Å². The highest BCUT2D eigenvalue weighted by atomic mass is 16.5. The fourth-order valence-corrected chi connectivity index (χ4v) is 3.63. The van der Waals surface area contributed by atoms with Crippen molar-refractivity contribution in [1.29, 1.82) is 0 Å². The second-order valence-electron chi connectivity index (χ2n) is 8.82. The summed E-state index contributed by atoms with van der Waals surface area (Å²) in [5.41, 5.74) is 2.35. The third kappa shape index (κ3) is 4.51. The maximum Gasteiger partial charge on any atom is 0.253 e. The number of piperidine rings is 1. The molecule has 0 radical (unpaired) electrons. The van der Waals surface area contributed by atoms with Gasteiger partial charge in [0.2, 0.25) is 5.91 Å². The summed E-state index contributed by atoms with van der Waals surface area (Å²) in [6, 6.07) is 1.64. The van der Waals surface area contributed by atoms with Crippen molar-refractivity contribution in [3.8, 4) is 0 Å². The van der Waals surface area contributed by atoms with E-state index in [9.17, 15) is 9.59 Å². The van der Waals surface area contributed by atoms with Crippen LogP contribution in [0, 0.1) is 19.8 Å². The molecule has 1 fully saturated rings. The summed E-state index contributed by atoms with van der Waals surface area (Å²) < 4.78 is 6.84. The van der Waals surface area contributed by atoms with Crippen LogP contribution in [0.15, 0.2) is 21.7 Å². The van der Waals surface area contributed by atoms with E-state index in [2.05, 4.69) is 30.9 Å². The van der Waals surface area contributed by atoms with Crippen LogP contribution in [-0.2, 0) is 23.2 Å². The molecule has 0 saturated carbocycles. The smallest absolute Gasteiger partial charge is 0.253 e. The van der Waals surface area contributed by atoms with Gasteiger partial charge in [-0.05, 0) is 32.6 Å². The summed E-state index contributed by atoms with van der Waals surface area (Å²) in [6.07, 6.45) is 3.78. The molecule has 7 nitrogen and oxygen atoms in total. The van der Waals surface area contributed by atoms with E-state index >= 15 is 0 Å². The van der Waals surface area contributed by atoms with Gasteiger partial charge in [-0.3, -0.25) is 14.2 Å². The van der Waals surface area contributed by atoms with Gasteiger partial charge in [0.05, 0.1) is 24.1 Å². The monoisotopic (exact) mass is 386 g/mol. The molecule has 0 bridgehead atoms. The predicted molar refractivity (Wildman–Crippen MR) is 106 cm³/mol. The molecule has 0 aromatic carbocycles. The molecule has 1 aliphatic heterocycles. The van der Waals surface area contributed by atoms with E-state index in [0.29, 0.717) is 24.6 Å². The van der Waals surface area contributed by atoms with Crippen molar-refractivity contribution in [2.75, 3.05) is 13.1 Å². The Morgan fingerprint density at radius 3 is 2.46 bits per heavy atom. The van der Waals surface area contributed by atoms with Crippen molar-refractivity contribution in [2.45, 2.75) is 65.8 Å². The number of aromatic nitrogens is 3. The van der Waals surface area contributed by atoms with Crippen LogP contribution in [0.1, 0.15) is 56.3 Å². The summed E-state index contributed by atoms with van der Waals surface area (Å²) >= 11 is 0. The van der Waals surface area contributed by atoms with Crippen LogP contribution in [0.4, 0.5) is 0 Å². The average Bonchev–Trinajstić information content (AvgIpc) is 2.95. The minimum Gasteiger partial charge on any atom is -0.361 e. The number of carbonyl (C=O) groups excluding carboxylic acids is 1. The molecule has 0 spiro atoms. The molecule has 1 amide bonds. The summed E-state index contributed by atoms with van der Waals surface area (Å²) in [6.45, 7) is 11.9. The van der Waals surface area contributed by atoms with Gasteiger partial charge in [0.1, 0.15) is 5.76 Å². The molecule has 7 heteroatoms. The lowest BCUT2D eigenvalue weighted by Crippen LogP contribution is -2.41. The maximum atomic E-state index is 12.6. The van der Waals surface area contributed by atoms with Crippen LogP contribution in [0.5, 0.6) is 0 Å². The Morgan fingerprint density at radius 2 is 1.93 bits per heavy atom. The van der Waals surface area contributed by atoms with Crippen molar-refractivity contribution in [1.82, 2.24) is 19.6 Å². The number of amides is 1. The first-order chi connectivity index (χ1) is 13.1. The van der Waals surface area contributed by atoms with E-state index in [0.717, 1.165) is 42.9 Å². The number of rotatable bonds is 4.